The van der Waals surface area contributed by atoms with E-state index in [1.165, 1.54) is 18.2 Å². The van der Waals surface area contributed by atoms with Crippen LogP contribution in [-0.4, -0.2) is 11.0 Å². The number of benzene rings is 2. The van der Waals surface area contributed by atoms with Crippen LogP contribution in [0.5, 0.6) is 11.5 Å². The summed E-state index contributed by atoms with van der Waals surface area (Å²) in [5.74, 6) is -3.05. The van der Waals surface area contributed by atoms with Crippen LogP contribution in [0.15, 0.2) is 35.5 Å². The lowest BCUT2D eigenvalue weighted by molar-refractivity contribution is 0.318. The van der Waals surface area contributed by atoms with Crippen molar-refractivity contribution < 1.29 is 18.7 Å². The molecule has 0 atom stereocenters. The average molecular weight is 333 g/mol. The Kier molecular flexibility index (Phi) is 4.50. The average Bonchev–Trinajstić information content (AvgIpc) is 2.40. The monoisotopic (exact) mass is 332 g/mol. The number of oxime groups is 1. The molecule has 0 fully saturated rings. The molecule has 0 saturated carbocycles. The molecule has 4 nitrogen and oxygen atoms in total. The predicted octanol–water partition coefficient (Wildman–Crippen LogP) is 4.16. The molecule has 2 aromatic carbocycles. The molecule has 8 heteroatoms. The van der Waals surface area contributed by atoms with Gasteiger partial charge in [0.15, 0.2) is 23.2 Å². The van der Waals surface area contributed by atoms with Crippen molar-refractivity contribution in [2.45, 2.75) is 0 Å². The van der Waals surface area contributed by atoms with Crippen LogP contribution in [0.25, 0.3) is 0 Å². The van der Waals surface area contributed by atoms with Gasteiger partial charge in [0.2, 0.25) is 0 Å². The highest BCUT2D eigenvalue weighted by molar-refractivity contribution is 6.34. The zero-order valence-corrected chi connectivity index (χ0v) is 11.8. The van der Waals surface area contributed by atoms with Gasteiger partial charge in [-0.15, -0.1) is 0 Å². The van der Waals surface area contributed by atoms with Gasteiger partial charge in [-0.1, -0.05) is 28.4 Å². The summed E-state index contributed by atoms with van der Waals surface area (Å²) in [5, 5.41) is 11.7. The molecule has 0 heterocycles. The highest BCUT2D eigenvalue weighted by Gasteiger charge is 2.16. The van der Waals surface area contributed by atoms with E-state index in [4.69, 9.17) is 38.9 Å². The molecule has 0 aliphatic carbocycles. The van der Waals surface area contributed by atoms with Gasteiger partial charge in [0.05, 0.1) is 0 Å². The normalized spacial score (nSPS) is 11.5. The molecular formula is C13H8Cl2F2N2O2. The van der Waals surface area contributed by atoms with E-state index in [9.17, 15) is 8.78 Å². The summed E-state index contributed by atoms with van der Waals surface area (Å²) in [4.78, 5) is 0. The van der Waals surface area contributed by atoms with Crippen molar-refractivity contribution in [2.24, 2.45) is 10.9 Å². The minimum absolute atomic E-state index is 0.0712. The summed E-state index contributed by atoms with van der Waals surface area (Å²) < 4.78 is 32.9. The number of hydrogen-bond donors (Lipinski definition) is 2. The quantitative estimate of drug-likeness (QED) is 0.384. The second-order valence-corrected chi connectivity index (χ2v) is 4.83. The van der Waals surface area contributed by atoms with Gasteiger partial charge in [0.1, 0.15) is 5.75 Å². The molecule has 0 saturated heterocycles. The van der Waals surface area contributed by atoms with Crippen molar-refractivity contribution in [2.75, 3.05) is 0 Å². The van der Waals surface area contributed by atoms with E-state index in [1.807, 2.05) is 0 Å². The summed E-state index contributed by atoms with van der Waals surface area (Å²) >= 11 is 11.5. The zero-order chi connectivity index (χ0) is 15.6. The summed E-state index contributed by atoms with van der Waals surface area (Å²) in [5.41, 5.74) is 5.14. The lowest BCUT2D eigenvalue weighted by Gasteiger charge is -2.10. The summed E-state index contributed by atoms with van der Waals surface area (Å²) in [6.45, 7) is 0. The molecular weight excluding hydrogens is 325 g/mol. The molecule has 3 N–H and O–H groups in total. The SMILES string of the molecule is N/C(=N/O)c1cc(F)c(Oc2cc(Cl)cc(Cl)c2)c(F)c1. The van der Waals surface area contributed by atoms with Crippen LogP contribution in [-0.2, 0) is 0 Å². The standard InChI is InChI=1S/C13H8Cl2F2N2O2/c14-7-3-8(15)5-9(4-7)21-12-10(16)1-6(2-11(12)17)13(18)19-20/h1-5,20H,(H2,18,19). The third-order valence-corrected chi connectivity index (χ3v) is 2.89. The molecule has 0 radical (unpaired) electrons. The molecule has 110 valence electrons. The van der Waals surface area contributed by atoms with Crippen molar-refractivity contribution in [3.8, 4) is 11.5 Å². The van der Waals surface area contributed by atoms with Gasteiger partial charge < -0.3 is 15.7 Å². The van der Waals surface area contributed by atoms with Gasteiger partial charge in [0.25, 0.3) is 0 Å². The Balaban J connectivity index is 2.41. The second-order valence-electron chi connectivity index (χ2n) is 3.96. The minimum atomic E-state index is -1.02. The first kappa shape index (κ1) is 15.3. The number of amidine groups is 1. The van der Waals surface area contributed by atoms with E-state index in [0.717, 1.165) is 12.1 Å². The van der Waals surface area contributed by atoms with E-state index < -0.39 is 23.2 Å². The third kappa shape index (κ3) is 3.53. The Morgan fingerprint density at radius 3 is 2.05 bits per heavy atom. The van der Waals surface area contributed by atoms with E-state index in [0.29, 0.717) is 0 Å². The van der Waals surface area contributed by atoms with Gasteiger partial charge in [0, 0.05) is 15.6 Å². The van der Waals surface area contributed by atoms with Crippen molar-refractivity contribution in [1.82, 2.24) is 0 Å². The van der Waals surface area contributed by atoms with Crippen molar-refractivity contribution >= 4 is 29.0 Å². The fraction of sp³-hybridized carbons (Fsp3) is 0. The fourth-order valence-electron chi connectivity index (χ4n) is 1.57. The molecule has 0 unspecified atom stereocenters. The van der Waals surface area contributed by atoms with E-state index in [1.54, 1.807) is 0 Å². The van der Waals surface area contributed by atoms with Crippen LogP contribution < -0.4 is 10.5 Å². The Morgan fingerprint density at radius 2 is 1.57 bits per heavy atom. The number of ether oxygens (including phenoxy) is 1. The number of nitrogens with zero attached hydrogens (tertiary/aromatic N) is 1. The lowest BCUT2D eigenvalue weighted by atomic mass is 10.2. The van der Waals surface area contributed by atoms with Crippen LogP contribution in [0.4, 0.5) is 8.78 Å². The van der Waals surface area contributed by atoms with Crippen molar-refractivity contribution in [1.29, 1.82) is 0 Å². The highest BCUT2D eigenvalue weighted by Crippen LogP contribution is 2.32. The number of halogens is 4. The molecule has 0 aromatic heterocycles. The maximum atomic E-state index is 13.9. The van der Waals surface area contributed by atoms with E-state index in [-0.39, 0.29) is 21.4 Å². The Bertz CT molecular complexity index is 680. The summed E-state index contributed by atoms with van der Waals surface area (Å²) in [7, 11) is 0. The molecule has 21 heavy (non-hydrogen) atoms. The first-order chi connectivity index (χ1) is 9.90. The smallest absolute Gasteiger partial charge is 0.198 e. The number of rotatable bonds is 3. The van der Waals surface area contributed by atoms with E-state index in [2.05, 4.69) is 5.16 Å². The molecule has 0 aliphatic heterocycles. The lowest BCUT2D eigenvalue weighted by Crippen LogP contribution is -2.14. The van der Waals surface area contributed by atoms with E-state index >= 15 is 0 Å². The second kappa shape index (κ2) is 6.15. The Morgan fingerprint density at radius 1 is 1.05 bits per heavy atom. The maximum Gasteiger partial charge on any atom is 0.198 e. The van der Waals surface area contributed by atoms with Gasteiger partial charge in [-0.05, 0) is 30.3 Å². The number of hydrogen-bond acceptors (Lipinski definition) is 3. The van der Waals surface area contributed by atoms with Gasteiger partial charge in [-0.2, -0.15) is 0 Å². The molecule has 0 bridgehead atoms. The van der Waals surface area contributed by atoms with Crippen molar-refractivity contribution in [3.05, 3.63) is 57.6 Å². The van der Waals surface area contributed by atoms with Crippen LogP contribution in [0, 0.1) is 11.6 Å². The first-order valence-electron chi connectivity index (χ1n) is 5.51. The molecule has 0 aliphatic rings. The Labute approximate surface area is 128 Å². The summed E-state index contributed by atoms with van der Waals surface area (Å²) in [6, 6.07) is 5.90. The zero-order valence-electron chi connectivity index (χ0n) is 10.3. The fourth-order valence-corrected chi connectivity index (χ4v) is 2.07. The largest absolute Gasteiger partial charge is 0.451 e. The first-order valence-corrected chi connectivity index (χ1v) is 6.27. The minimum Gasteiger partial charge on any atom is -0.451 e. The highest BCUT2D eigenvalue weighted by atomic mass is 35.5. The third-order valence-electron chi connectivity index (χ3n) is 2.46. The van der Waals surface area contributed by atoms with Crippen molar-refractivity contribution in [3.63, 3.8) is 0 Å². The molecule has 2 aromatic rings. The number of nitrogens with two attached hydrogens (primary N) is 1. The van der Waals surface area contributed by atoms with Gasteiger partial charge in [-0.25, -0.2) is 8.78 Å². The van der Waals surface area contributed by atoms with Crippen LogP contribution in [0.1, 0.15) is 5.56 Å². The maximum absolute atomic E-state index is 13.9. The topological polar surface area (TPSA) is 67.8 Å². The molecule has 0 amide bonds. The van der Waals surface area contributed by atoms with Crippen LogP contribution in [0.2, 0.25) is 10.0 Å². The molecule has 0 spiro atoms. The summed E-state index contributed by atoms with van der Waals surface area (Å²) in [6.07, 6.45) is 0. The van der Waals surface area contributed by atoms with Crippen LogP contribution in [0.3, 0.4) is 0 Å². The predicted molar refractivity (Wildman–Crippen MR) is 75.4 cm³/mol. The van der Waals surface area contributed by atoms with Gasteiger partial charge >= 0.3 is 0 Å². The van der Waals surface area contributed by atoms with Gasteiger partial charge in [-0.3, -0.25) is 0 Å². The molecule has 2 rings (SSSR count). The van der Waals surface area contributed by atoms with Crippen LogP contribution >= 0.6 is 23.2 Å². The Hall–Kier alpha value is -2.05.